The van der Waals surface area contributed by atoms with Gasteiger partial charge in [0.25, 0.3) is 0 Å². The van der Waals surface area contributed by atoms with Gasteiger partial charge in [0.2, 0.25) is 0 Å². The van der Waals surface area contributed by atoms with Crippen LogP contribution in [0, 0.1) is 6.92 Å². The fraction of sp³-hybridized carbons (Fsp3) is 0.364. The fourth-order valence-corrected chi connectivity index (χ4v) is 1.51. The van der Waals surface area contributed by atoms with E-state index in [2.05, 4.69) is 15.9 Å². The standard InChI is InChI=1S/C11H13BrO2/c1-3-14-11-6-8(2)4-5-9(11)10(13)7-12/h4-6H,3,7H2,1-2H3. The van der Waals surface area contributed by atoms with E-state index in [1.807, 2.05) is 32.0 Å². The summed E-state index contributed by atoms with van der Waals surface area (Å²) in [4.78, 5) is 11.5. The topological polar surface area (TPSA) is 26.3 Å². The molecule has 0 aliphatic heterocycles. The van der Waals surface area contributed by atoms with Crippen molar-refractivity contribution in [3.63, 3.8) is 0 Å². The van der Waals surface area contributed by atoms with Crippen LogP contribution >= 0.6 is 15.9 Å². The van der Waals surface area contributed by atoms with Crippen molar-refractivity contribution in [2.45, 2.75) is 13.8 Å². The molecular weight excluding hydrogens is 244 g/mol. The monoisotopic (exact) mass is 256 g/mol. The molecule has 0 heterocycles. The zero-order valence-electron chi connectivity index (χ0n) is 8.34. The number of aryl methyl sites for hydroxylation is 1. The highest BCUT2D eigenvalue weighted by Crippen LogP contribution is 2.21. The summed E-state index contributed by atoms with van der Waals surface area (Å²) in [5, 5.41) is 0.329. The molecular formula is C11H13BrO2. The van der Waals surface area contributed by atoms with E-state index in [1.54, 1.807) is 0 Å². The first-order valence-electron chi connectivity index (χ1n) is 4.51. The van der Waals surface area contributed by atoms with Crippen LogP contribution in [0.15, 0.2) is 18.2 Å². The summed E-state index contributed by atoms with van der Waals surface area (Å²) in [5.41, 5.74) is 1.74. The van der Waals surface area contributed by atoms with Crippen molar-refractivity contribution in [1.82, 2.24) is 0 Å². The van der Waals surface area contributed by atoms with E-state index in [0.717, 1.165) is 5.56 Å². The van der Waals surface area contributed by atoms with Crippen LogP contribution in [0.3, 0.4) is 0 Å². The number of carbonyl (C=O) groups excluding carboxylic acids is 1. The van der Waals surface area contributed by atoms with Gasteiger partial charge in [-0.25, -0.2) is 0 Å². The molecule has 0 fully saturated rings. The Kier molecular flexibility index (Phi) is 4.14. The molecule has 0 aliphatic rings. The largest absolute Gasteiger partial charge is 0.493 e. The molecule has 0 aromatic heterocycles. The summed E-state index contributed by atoms with van der Waals surface area (Å²) < 4.78 is 5.40. The first-order valence-corrected chi connectivity index (χ1v) is 5.63. The van der Waals surface area contributed by atoms with Crippen LogP contribution in [0.25, 0.3) is 0 Å². The number of rotatable bonds is 4. The van der Waals surface area contributed by atoms with E-state index in [1.165, 1.54) is 0 Å². The molecule has 1 aromatic carbocycles. The number of hydrogen-bond acceptors (Lipinski definition) is 2. The maximum atomic E-state index is 11.5. The van der Waals surface area contributed by atoms with Crippen LogP contribution in [0.4, 0.5) is 0 Å². The number of alkyl halides is 1. The maximum Gasteiger partial charge on any atom is 0.177 e. The summed E-state index contributed by atoms with van der Waals surface area (Å²) in [6.45, 7) is 4.46. The normalized spacial score (nSPS) is 9.93. The molecule has 14 heavy (non-hydrogen) atoms. The summed E-state index contributed by atoms with van der Waals surface area (Å²) in [6, 6.07) is 5.61. The molecule has 0 unspecified atom stereocenters. The number of Topliss-reactive ketones (excluding diaryl/α,β-unsaturated/α-hetero) is 1. The average molecular weight is 257 g/mol. The molecule has 76 valence electrons. The van der Waals surface area contributed by atoms with Crippen LogP contribution in [0.5, 0.6) is 5.75 Å². The van der Waals surface area contributed by atoms with Gasteiger partial charge in [-0.15, -0.1) is 0 Å². The number of benzene rings is 1. The minimum atomic E-state index is 0.0495. The Morgan fingerprint density at radius 3 is 2.79 bits per heavy atom. The first-order chi connectivity index (χ1) is 6.69. The third kappa shape index (κ3) is 2.58. The summed E-state index contributed by atoms with van der Waals surface area (Å²) in [6.07, 6.45) is 0. The van der Waals surface area contributed by atoms with E-state index in [-0.39, 0.29) is 5.78 Å². The second-order valence-corrected chi connectivity index (χ2v) is 3.55. The molecule has 0 amide bonds. The number of halogens is 1. The Labute approximate surface area is 92.4 Å². The van der Waals surface area contributed by atoms with Crippen LogP contribution < -0.4 is 4.74 Å². The van der Waals surface area contributed by atoms with Crippen molar-refractivity contribution in [3.05, 3.63) is 29.3 Å². The third-order valence-electron chi connectivity index (χ3n) is 1.86. The van der Waals surface area contributed by atoms with Crippen LogP contribution in [0.1, 0.15) is 22.8 Å². The van der Waals surface area contributed by atoms with E-state index in [4.69, 9.17) is 4.74 Å². The zero-order chi connectivity index (χ0) is 10.6. The van der Waals surface area contributed by atoms with Crippen LogP contribution in [-0.2, 0) is 0 Å². The lowest BCUT2D eigenvalue weighted by Gasteiger charge is -2.08. The second kappa shape index (κ2) is 5.15. The number of ketones is 1. The molecule has 1 rings (SSSR count). The smallest absolute Gasteiger partial charge is 0.177 e. The highest BCUT2D eigenvalue weighted by molar-refractivity contribution is 9.09. The van der Waals surface area contributed by atoms with Gasteiger partial charge in [0, 0.05) is 0 Å². The molecule has 0 saturated carbocycles. The molecule has 0 radical (unpaired) electrons. The molecule has 3 heteroatoms. The summed E-state index contributed by atoms with van der Waals surface area (Å²) >= 11 is 3.15. The second-order valence-electron chi connectivity index (χ2n) is 2.99. The molecule has 0 atom stereocenters. The lowest BCUT2D eigenvalue weighted by molar-refractivity contribution is 0.102. The van der Waals surface area contributed by atoms with Gasteiger partial charge < -0.3 is 4.74 Å². The quantitative estimate of drug-likeness (QED) is 0.612. The van der Waals surface area contributed by atoms with Gasteiger partial charge in [-0.1, -0.05) is 22.0 Å². The van der Waals surface area contributed by atoms with Crippen molar-refractivity contribution in [3.8, 4) is 5.75 Å². The van der Waals surface area contributed by atoms with Gasteiger partial charge in [-0.3, -0.25) is 4.79 Å². The SMILES string of the molecule is CCOc1cc(C)ccc1C(=O)CBr. The molecule has 2 nitrogen and oxygen atoms in total. The van der Waals surface area contributed by atoms with Gasteiger partial charge in [-0.2, -0.15) is 0 Å². The number of hydrogen-bond donors (Lipinski definition) is 0. The van der Waals surface area contributed by atoms with Crippen molar-refractivity contribution in [2.24, 2.45) is 0 Å². The third-order valence-corrected chi connectivity index (χ3v) is 2.37. The Balaban J connectivity index is 3.07. The van der Waals surface area contributed by atoms with Crippen molar-refractivity contribution < 1.29 is 9.53 Å². The molecule has 0 saturated heterocycles. The fourth-order valence-electron chi connectivity index (χ4n) is 1.21. The lowest BCUT2D eigenvalue weighted by Crippen LogP contribution is -2.05. The molecule has 0 spiro atoms. The molecule has 0 N–H and O–H groups in total. The van der Waals surface area contributed by atoms with E-state index in [0.29, 0.717) is 23.2 Å². The van der Waals surface area contributed by atoms with E-state index < -0.39 is 0 Å². The van der Waals surface area contributed by atoms with E-state index >= 15 is 0 Å². The van der Waals surface area contributed by atoms with Crippen molar-refractivity contribution >= 4 is 21.7 Å². The first kappa shape index (κ1) is 11.2. The van der Waals surface area contributed by atoms with Crippen LogP contribution in [-0.4, -0.2) is 17.7 Å². The van der Waals surface area contributed by atoms with Gasteiger partial charge in [0.15, 0.2) is 5.78 Å². The van der Waals surface area contributed by atoms with Crippen molar-refractivity contribution in [2.75, 3.05) is 11.9 Å². The molecule has 0 aliphatic carbocycles. The van der Waals surface area contributed by atoms with E-state index in [9.17, 15) is 4.79 Å². The van der Waals surface area contributed by atoms with Crippen LogP contribution in [0.2, 0.25) is 0 Å². The van der Waals surface area contributed by atoms with Crippen molar-refractivity contribution in [1.29, 1.82) is 0 Å². The number of ether oxygens (including phenoxy) is 1. The minimum absolute atomic E-state index is 0.0495. The summed E-state index contributed by atoms with van der Waals surface area (Å²) in [5.74, 6) is 0.727. The Morgan fingerprint density at radius 2 is 2.21 bits per heavy atom. The molecule has 0 bridgehead atoms. The predicted molar refractivity (Wildman–Crippen MR) is 60.5 cm³/mol. The minimum Gasteiger partial charge on any atom is -0.493 e. The highest BCUT2D eigenvalue weighted by atomic mass is 79.9. The average Bonchev–Trinajstić information content (AvgIpc) is 2.17. The van der Waals surface area contributed by atoms with Gasteiger partial charge in [0.1, 0.15) is 5.75 Å². The van der Waals surface area contributed by atoms with Gasteiger partial charge in [-0.05, 0) is 31.5 Å². The highest BCUT2D eigenvalue weighted by Gasteiger charge is 2.10. The zero-order valence-corrected chi connectivity index (χ0v) is 9.93. The Morgan fingerprint density at radius 1 is 1.50 bits per heavy atom. The Hall–Kier alpha value is -0.830. The summed E-state index contributed by atoms with van der Waals surface area (Å²) in [7, 11) is 0. The predicted octanol–water partition coefficient (Wildman–Crippen LogP) is 2.97. The maximum absolute atomic E-state index is 11.5. The molecule has 1 aromatic rings. The lowest BCUT2D eigenvalue weighted by atomic mass is 10.1. The number of carbonyl (C=O) groups is 1. The Bertz CT molecular complexity index is 334. The van der Waals surface area contributed by atoms with Gasteiger partial charge >= 0.3 is 0 Å². The van der Waals surface area contributed by atoms with Gasteiger partial charge in [0.05, 0.1) is 17.5 Å².